The lowest BCUT2D eigenvalue weighted by molar-refractivity contribution is 0.318. The molecule has 0 unspecified atom stereocenters. The van der Waals surface area contributed by atoms with E-state index in [-0.39, 0.29) is 0 Å². The molecule has 1 aliphatic carbocycles. The van der Waals surface area contributed by atoms with Gasteiger partial charge in [0.2, 0.25) is 0 Å². The van der Waals surface area contributed by atoms with Crippen molar-refractivity contribution in [2.24, 2.45) is 5.92 Å². The third-order valence-corrected chi connectivity index (χ3v) is 5.34. The normalized spacial score (nSPS) is 26.2. The molecule has 1 aromatic heterocycles. The van der Waals surface area contributed by atoms with E-state index in [2.05, 4.69) is 32.0 Å². The van der Waals surface area contributed by atoms with Crippen LogP contribution in [0.4, 0.5) is 0 Å². The van der Waals surface area contributed by atoms with E-state index in [0.29, 0.717) is 5.92 Å². The van der Waals surface area contributed by atoms with Crippen LogP contribution >= 0.6 is 11.3 Å². The number of hydrogen-bond acceptors (Lipinski definition) is 2. The average Bonchev–Trinajstić information content (AvgIpc) is 2.78. The number of thiazole rings is 1. The van der Waals surface area contributed by atoms with Crippen molar-refractivity contribution in [1.29, 1.82) is 0 Å². The SMILES string of the molecule is CCC1CCC(c2ncc(C(C)C)s2)CC1. The van der Waals surface area contributed by atoms with E-state index in [1.807, 2.05) is 11.3 Å². The van der Waals surface area contributed by atoms with Crippen LogP contribution in [0.2, 0.25) is 0 Å². The molecule has 0 aliphatic heterocycles. The van der Waals surface area contributed by atoms with Crippen molar-refractivity contribution in [1.82, 2.24) is 4.98 Å². The van der Waals surface area contributed by atoms with Crippen LogP contribution in [0.25, 0.3) is 0 Å². The molecule has 90 valence electrons. The summed E-state index contributed by atoms with van der Waals surface area (Å²) in [5.74, 6) is 2.39. The first kappa shape index (κ1) is 12.1. The number of hydrogen-bond donors (Lipinski definition) is 0. The summed E-state index contributed by atoms with van der Waals surface area (Å²) in [7, 11) is 0. The quantitative estimate of drug-likeness (QED) is 0.725. The van der Waals surface area contributed by atoms with Gasteiger partial charge in [-0.25, -0.2) is 4.98 Å². The average molecular weight is 237 g/mol. The summed E-state index contributed by atoms with van der Waals surface area (Å²) in [6.45, 7) is 6.84. The molecule has 1 aliphatic rings. The van der Waals surface area contributed by atoms with Gasteiger partial charge in [0.15, 0.2) is 0 Å². The van der Waals surface area contributed by atoms with Crippen LogP contribution in [0.3, 0.4) is 0 Å². The Morgan fingerprint density at radius 1 is 1.31 bits per heavy atom. The molecule has 2 rings (SSSR count). The Hall–Kier alpha value is -0.370. The maximum absolute atomic E-state index is 4.63. The van der Waals surface area contributed by atoms with Crippen LogP contribution in [-0.2, 0) is 0 Å². The Kier molecular flexibility index (Phi) is 4.01. The summed E-state index contributed by atoms with van der Waals surface area (Å²) >= 11 is 1.95. The van der Waals surface area contributed by atoms with Crippen molar-refractivity contribution in [3.63, 3.8) is 0 Å². The highest BCUT2D eigenvalue weighted by Crippen LogP contribution is 2.39. The molecule has 16 heavy (non-hydrogen) atoms. The summed E-state index contributed by atoms with van der Waals surface area (Å²) in [5.41, 5.74) is 0. The van der Waals surface area contributed by atoms with E-state index in [1.54, 1.807) is 0 Å². The van der Waals surface area contributed by atoms with Crippen LogP contribution in [0.15, 0.2) is 6.20 Å². The lowest BCUT2D eigenvalue weighted by Crippen LogP contribution is -2.12. The van der Waals surface area contributed by atoms with E-state index in [1.165, 1.54) is 42.0 Å². The molecule has 0 N–H and O–H groups in total. The minimum absolute atomic E-state index is 0.637. The van der Waals surface area contributed by atoms with Gasteiger partial charge < -0.3 is 0 Å². The lowest BCUT2D eigenvalue weighted by Gasteiger charge is -2.26. The Morgan fingerprint density at radius 3 is 2.50 bits per heavy atom. The Labute approximate surface area is 103 Å². The fourth-order valence-electron chi connectivity index (χ4n) is 2.57. The molecule has 1 aromatic rings. The summed E-state index contributed by atoms with van der Waals surface area (Å²) in [6, 6.07) is 0. The van der Waals surface area contributed by atoms with Crippen LogP contribution in [0.1, 0.15) is 74.6 Å². The predicted molar refractivity (Wildman–Crippen MR) is 71.2 cm³/mol. The molecule has 0 amide bonds. The van der Waals surface area contributed by atoms with Crippen molar-refractivity contribution in [2.45, 2.75) is 64.7 Å². The van der Waals surface area contributed by atoms with Gasteiger partial charge in [-0.2, -0.15) is 0 Å². The lowest BCUT2D eigenvalue weighted by atomic mass is 9.81. The molecule has 1 heterocycles. The molecular formula is C14H23NS. The van der Waals surface area contributed by atoms with Crippen molar-refractivity contribution in [2.75, 3.05) is 0 Å². The van der Waals surface area contributed by atoms with Crippen LogP contribution in [0.5, 0.6) is 0 Å². The molecule has 0 bridgehead atoms. The first-order chi connectivity index (χ1) is 7.70. The molecule has 0 atom stereocenters. The van der Waals surface area contributed by atoms with Gasteiger partial charge in [0.1, 0.15) is 0 Å². The minimum Gasteiger partial charge on any atom is -0.249 e. The topological polar surface area (TPSA) is 12.9 Å². The molecule has 1 fully saturated rings. The number of nitrogens with zero attached hydrogens (tertiary/aromatic N) is 1. The van der Waals surface area contributed by atoms with Crippen molar-refractivity contribution in [3.8, 4) is 0 Å². The minimum atomic E-state index is 0.637. The Balaban J connectivity index is 1.97. The summed E-state index contributed by atoms with van der Waals surface area (Å²) in [5, 5.41) is 1.40. The first-order valence-electron chi connectivity index (χ1n) is 6.66. The smallest absolute Gasteiger partial charge is 0.0958 e. The van der Waals surface area contributed by atoms with E-state index in [0.717, 1.165) is 11.8 Å². The van der Waals surface area contributed by atoms with Gasteiger partial charge in [0.25, 0.3) is 0 Å². The molecule has 0 spiro atoms. The van der Waals surface area contributed by atoms with Gasteiger partial charge >= 0.3 is 0 Å². The fourth-order valence-corrected chi connectivity index (χ4v) is 3.66. The Morgan fingerprint density at radius 2 is 2.00 bits per heavy atom. The van der Waals surface area contributed by atoms with Crippen LogP contribution < -0.4 is 0 Å². The largest absolute Gasteiger partial charge is 0.249 e. The summed E-state index contributed by atoms with van der Waals surface area (Å²) < 4.78 is 0. The third kappa shape index (κ3) is 2.65. The number of rotatable bonds is 3. The van der Waals surface area contributed by atoms with Crippen LogP contribution in [-0.4, -0.2) is 4.98 Å². The number of aromatic nitrogens is 1. The molecule has 0 radical (unpaired) electrons. The van der Waals surface area contributed by atoms with E-state index in [9.17, 15) is 0 Å². The van der Waals surface area contributed by atoms with Crippen molar-refractivity contribution >= 4 is 11.3 Å². The third-order valence-electron chi connectivity index (χ3n) is 3.88. The van der Waals surface area contributed by atoms with Crippen molar-refractivity contribution < 1.29 is 0 Å². The van der Waals surface area contributed by atoms with Crippen molar-refractivity contribution in [3.05, 3.63) is 16.1 Å². The standard InChI is InChI=1S/C14H23NS/c1-4-11-5-7-12(8-6-11)14-15-9-13(16-14)10(2)3/h9-12H,4-8H2,1-3H3. The van der Waals surface area contributed by atoms with E-state index in [4.69, 9.17) is 0 Å². The molecule has 1 saturated carbocycles. The monoisotopic (exact) mass is 237 g/mol. The van der Waals surface area contributed by atoms with Crippen LogP contribution in [0, 0.1) is 5.92 Å². The summed E-state index contributed by atoms with van der Waals surface area (Å²) in [6.07, 6.45) is 9.01. The molecule has 0 aromatic carbocycles. The van der Waals surface area contributed by atoms with E-state index < -0.39 is 0 Å². The summed E-state index contributed by atoms with van der Waals surface area (Å²) in [4.78, 5) is 6.08. The highest BCUT2D eigenvalue weighted by molar-refractivity contribution is 7.11. The second-order valence-corrected chi connectivity index (χ2v) is 6.48. The maximum Gasteiger partial charge on any atom is 0.0958 e. The highest BCUT2D eigenvalue weighted by atomic mass is 32.1. The zero-order chi connectivity index (χ0) is 11.5. The molecular weight excluding hydrogens is 214 g/mol. The predicted octanol–water partition coefficient (Wildman–Crippen LogP) is 4.95. The van der Waals surface area contributed by atoms with Gasteiger partial charge in [-0.1, -0.05) is 27.2 Å². The zero-order valence-electron chi connectivity index (χ0n) is 10.7. The second kappa shape index (κ2) is 5.31. The Bertz CT molecular complexity index is 321. The first-order valence-corrected chi connectivity index (χ1v) is 7.48. The van der Waals surface area contributed by atoms with Gasteiger partial charge in [-0.15, -0.1) is 11.3 Å². The molecule has 1 nitrogen and oxygen atoms in total. The second-order valence-electron chi connectivity index (χ2n) is 5.38. The van der Waals surface area contributed by atoms with Gasteiger partial charge in [0.05, 0.1) is 5.01 Å². The van der Waals surface area contributed by atoms with Gasteiger partial charge in [-0.05, 0) is 37.5 Å². The molecule has 0 saturated heterocycles. The zero-order valence-corrected chi connectivity index (χ0v) is 11.5. The molecule has 2 heteroatoms. The maximum atomic E-state index is 4.63. The highest BCUT2D eigenvalue weighted by Gasteiger charge is 2.23. The fraction of sp³-hybridized carbons (Fsp3) is 0.786. The van der Waals surface area contributed by atoms with Gasteiger partial charge in [0, 0.05) is 17.0 Å². The van der Waals surface area contributed by atoms with E-state index >= 15 is 0 Å². The van der Waals surface area contributed by atoms with Gasteiger partial charge in [-0.3, -0.25) is 0 Å².